The summed E-state index contributed by atoms with van der Waals surface area (Å²) >= 11 is 6.74. The second-order valence-electron chi connectivity index (χ2n) is 4.21. The van der Waals surface area contributed by atoms with E-state index in [1.807, 2.05) is 13.1 Å². The van der Waals surface area contributed by atoms with Crippen LogP contribution in [0.1, 0.15) is 10.4 Å². The zero-order valence-corrected chi connectivity index (χ0v) is 14.3. The van der Waals surface area contributed by atoms with Crippen molar-refractivity contribution in [2.45, 2.75) is 0 Å². The molecule has 1 aromatic rings. The highest BCUT2D eigenvalue weighted by molar-refractivity contribution is 9.11. The van der Waals surface area contributed by atoms with Gasteiger partial charge in [-0.15, -0.1) is 0 Å². The van der Waals surface area contributed by atoms with Gasteiger partial charge in [0.25, 0.3) is 5.91 Å². The summed E-state index contributed by atoms with van der Waals surface area (Å²) in [6, 6.07) is 5.50. The maximum absolute atomic E-state index is 11.9. The molecule has 0 atom stereocenters. The molecule has 0 aromatic heterocycles. The molecular formula is C13H18Br2N2O2. The number of nitrogens with one attached hydrogen (secondary N) is 1. The summed E-state index contributed by atoms with van der Waals surface area (Å²) in [6.07, 6.45) is 0. The molecule has 6 heteroatoms. The molecule has 0 aliphatic heterocycles. The molecular weight excluding hydrogens is 376 g/mol. The van der Waals surface area contributed by atoms with Crippen LogP contribution in [-0.4, -0.2) is 51.2 Å². The minimum atomic E-state index is -0.0675. The van der Waals surface area contributed by atoms with E-state index in [1.54, 1.807) is 19.2 Å². The van der Waals surface area contributed by atoms with Crippen LogP contribution in [0.5, 0.6) is 0 Å². The molecule has 0 spiro atoms. The molecule has 0 saturated heterocycles. The van der Waals surface area contributed by atoms with Crippen LogP contribution in [0, 0.1) is 0 Å². The number of nitrogens with zero attached hydrogens (tertiary/aromatic N) is 1. The number of likely N-dealkylation sites (N-methyl/N-ethyl adjacent to an activating group) is 1. The predicted octanol–water partition coefficient (Wildman–Crippen LogP) is 2.52. The van der Waals surface area contributed by atoms with Crippen molar-refractivity contribution in [1.29, 1.82) is 0 Å². The van der Waals surface area contributed by atoms with Crippen molar-refractivity contribution in [2.75, 3.05) is 40.4 Å². The van der Waals surface area contributed by atoms with Crippen LogP contribution >= 0.6 is 31.9 Å². The lowest BCUT2D eigenvalue weighted by Crippen LogP contribution is -2.34. The Kier molecular flexibility index (Phi) is 7.60. The highest BCUT2D eigenvalue weighted by Crippen LogP contribution is 2.19. The summed E-state index contributed by atoms with van der Waals surface area (Å²) in [6.45, 7) is 2.96. The van der Waals surface area contributed by atoms with Crippen LogP contribution in [0.15, 0.2) is 27.1 Å². The van der Waals surface area contributed by atoms with Crippen molar-refractivity contribution in [2.24, 2.45) is 0 Å². The third-order valence-electron chi connectivity index (χ3n) is 2.58. The van der Waals surface area contributed by atoms with E-state index in [1.165, 1.54) is 0 Å². The van der Waals surface area contributed by atoms with Crippen molar-refractivity contribution in [3.05, 3.63) is 32.7 Å². The van der Waals surface area contributed by atoms with Crippen LogP contribution < -0.4 is 5.32 Å². The zero-order valence-electron chi connectivity index (χ0n) is 11.1. The van der Waals surface area contributed by atoms with E-state index in [0.29, 0.717) is 18.7 Å². The van der Waals surface area contributed by atoms with E-state index in [0.717, 1.165) is 22.0 Å². The lowest BCUT2D eigenvalue weighted by Gasteiger charge is -2.16. The van der Waals surface area contributed by atoms with Crippen LogP contribution in [0.4, 0.5) is 0 Å². The molecule has 0 unspecified atom stereocenters. The number of hydrogen-bond donors (Lipinski definition) is 1. The molecule has 0 saturated carbocycles. The smallest absolute Gasteiger partial charge is 0.251 e. The highest BCUT2D eigenvalue weighted by atomic mass is 79.9. The summed E-state index contributed by atoms with van der Waals surface area (Å²) in [7, 11) is 3.68. The Balaban J connectivity index is 2.39. The lowest BCUT2D eigenvalue weighted by atomic mass is 10.2. The number of carbonyl (C=O) groups excluding carboxylic acids is 1. The van der Waals surface area contributed by atoms with E-state index in [2.05, 4.69) is 42.1 Å². The fraction of sp³-hybridized carbons (Fsp3) is 0.462. The van der Waals surface area contributed by atoms with E-state index in [9.17, 15) is 4.79 Å². The molecule has 0 bridgehead atoms. The largest absolute Gasteiger partial charge is 0.383 e. The molecule has 1 N–H and O–H groups in total. The molecule has 1 aromatic carbocycles. The minimum absolute atomic E-state index is 0.0675. The van der Waals surface area contributed by atoms with Crippen molar-refractivity contribution in [3.63, 3.8) is 0 Å². The lowest BCUT2D eigenvalue weighted by molar-refractivity contribution is 0.0947. The molecule has 19 heavy (non-hydrogen) atoms. The van der Waals surface area contributed by atoms with Gasteiger partial charge in [0.2, 0.25) is 0 Å². The number of benzene rings is 1. The third kappa shape index (κ3) is 6.51. The van der Waals surface area contributed by atoms with Gasteiger partial charge >= 0.3 is 0 Å². The predicted molar refractivity (Wildman–Crippen MR) is 83.5 cm³/mol. The van der Waals surface area contributed by atoms with Crippen molar-refractivity contribution in [1.82, 2.24) is 10.2 Å². The first-order valence-electron chi connectivity index (χ1n) is 5.94. The first-order chi connectivity index (χ1) is 9.02. The van der Waals surface area contributed by atoms with Gasteiger partial charge in [0.1, 0.15) is 0 Å². The van der Waals surface area contributed by atoms with Gasteiger partial charge in [0.05, 0.1) is 6.61 Å². The normalized spacial score (nSPS) is 10.8. The topological polar surface area (TPSA) is 41.6 Å². The second kappa shape index (κ2) is 8.68. The van der Waals surface area contributed by atoms with Gasteiger partial charge in [-0.1, -0.05) is 31.9 Å². The molecule has 0 aliphatic rings. The number of halogens is 2. The fourth-order valence-corrected chi connectivity index (χ4v) is 2.80. The summed E-state index contributed by atoms with van der Waals surface area (Å²) in [5, 5.41) is 2.90. The Morgan fingerprint density at radius 1 is 1.26 bits per heavy atom. The van der Waals surface area contributed by atoms with Gasteiger partial charge in [-0.25, -0.2) is 0 Å². The second-order valence-corrected chi connectivity index (χ2v) is 6.04. The molecule has 0 heterocycles. The average molecular weight is 394 g/mol. The Hall–Kier alpha value is -0.430. The monoisotopic (exact) mass is 392 g/mol. The standard InChI is InChI=1S/C13H18Br2N2O2/c1-17(5-6-19-2)4-3-16-13(18)10-7-11(14)9-12(15)8-10/h7-9H,3-6H2,1-2H3,(H,16,18). The Labute approximate surface area is 130 Å². The van der Waals surface area contributed by atoms with E-state index >= 15 is 0 Å². The summed E-state index contributed by atoms with van der Waals surface area (Å²) < 4.78 is 6.75. The third-order valence-corrected chi connectivity index (χ3v) is 3.50. The SMILES string of the molecule is COCCN(C)CCNC(=O)c1cc(Br)cc(Br)c1. The number of hydrogen-bond acceptors (Lipinski definition) is 3. The average Bonchev–Trinajstić information content (AvgIpc) is 2.35. The molecule has 1 amide bonds. The van der Waals surface area contributed by atoms with E-state index in [-0.39, 0.29) is 5.91 Å². The van der Waals surface area contributed by atoms with Gasteiger partial charge in [0.15, 0.2) is 0 Å². The van der Waals surface area contributed by atoms with Gasteiger partial charge in [-0.05, 0) is 25.2 Å². The zero-order chi connectivity index (χ0) is 14.3. The summed E-state index contributed by atoms with van der Waals surface area (Å²) in [4.78, 5) is 14.1. The van der Waals surface area contributed by atoms with Crippen LogP contribution in [0.25, 0.3) is 0 Å². The number of carbonyl (C=O) groups is 1. The Bertz CT molecular complexity index is 407. The fourth-order valence-electron chi connectivity index (χ4n) is 1.51. The van der Waals surface area contributed by atoms with Crippen molar-refractivity contribution < 1.29 is 9.53 Å². The molecule has 4 nitrogen and oxygen atoms in total. The van der Waals surface area contributed by atoms with Crippen molar-refractivity contribution >= 4 is 37.8 Å². The summed E-state index contributed by atoms with van der Waals surface area (Å²) in [5.41, 5.74) is 0.640. The van der Waals surface area contributed by atoms with Crippen LogP contribution in [0.3, 0.4) is 0 Å². The quantitative estimate of drug-likeness (QED) is 0.773. The van der Waals surface area contributed by atoms with Crippen molar-refractivity contribution in [3.8, 4) is 0 Å². The minimum Gasteiger partial charge on any atom is -0.383 e. The first-order valence-corrected chi connectivity index (χ1v) is 7.53. The number of amides is 1. The molecule has 106 valence electrons. The van der Waals surface area contributed by atoms with Gasteiger partial charge in [0, 0.05) is 41.3 Å². The van der Waals surface area contributed by atoms with Gasteiger partial charge < -0.3 is 15.0 Å². The first kappa shape index (κ1) is 16.6. The van der Waals surface area contributed by atoms with E-state index < -0.39 is 0 Å². The molecule has 0 aliphatic carbocycles. The Morgan fingerprint density at radius 3 is 2.47 bits per heavy atom. The molecule has 1 rings (SSSR count). The molecule has 0 radical (unpaired) electrons. The number of ether oxygens (including phenoxy) is 1. The maximum Gasteiger partial charge on any atom is 0.251 e. The van der Waals surface area contributed by atoms with Crippen LogP contribution in [0.2, 0.25) is 0 Å². The Morgan fingerprint density at radius 2 is 1.89 bits per heavy atom. The summed E-state index contributed by atoms with van der Waals surface area (Å²) in [5.74, 6) is -0.0675. The molecule has 0 fully saturated rings. The highest BCUT2D eigenvalue weighted by Gasteiger charge is 2.07. The maximum atomic E-state index is 11.9. The number of methoxy groups -OCH3 is 1. The van der Waals surface area contributed by atoms with E-state index in [4.69, 9.17) is 4.74 Å². The van der Waals surface area contributed by atoms with Gasteiger partial charge in [-0.2, -0.15) is 0 Å². The van der Waals surface area contributed by atoms with Crippen LogP contribution in [-0.2, 0) is 4.74 Å². The van der Waals surface area contributed by atoms with Gasteiger partial charge in [-0.3, -0.25) is 4.79 Å². The number of rotatable bonds is 7.